The SMILES string of the molecule is CN1C(=O)C(O)(C/C=C/C(=O)OCc2ccccc2)c2ccccc21. The summed E-state index contributed by atoms with van der Waals surface area (Å²) < 4.78 is 5.14. The van der Waals surface area contributed by atoms with Gasteiger partial charge in [0.2, 0.25) is 0 Å². The Labute approximate surface area is 146 Å². The van der Waals surface area contributed by atoms with E-state index < -0.39 is 17.5 Å². The fourth-order valence-corrected chi connectivity index (χ4v) is 2.92. The minimum absolute atomic E-state index is 0.00756. The van der Waals surface area contributed by atoms with E-state index in [1.165, 1.54) is 17.1 Å². The number of anilines is 1. The van der Waals surface area contributed by atoms with Crippen molar-refractivity contribution in [2.45, 2.75) is 18.6 Å². The second-order valence-corrected chi connectivity index (χ2v) is 5.94. The molecule has 5 nitrogen and oxygen atoms in total. The first-order valence-corrected chi connectivity index (χ1v) is 7.99. The third-order valence-corrected chi connectivity index (χ3v) is 4.26. The van der Waals surface area contributed by atoms with Crippen molar-refractivity contribution in [3.8, 4) is 0 Å². The fraction of sp³-hybridized carbons (Fsp3) is 0.200. The summed E-state index contributed by atoms with van der Waals surface area (Å²) in [5.74, 6) is -0.921. The predicted octanol–water partition coefficient (Wildman–Crippen LogP) is 2.54. The first-order valence-electron chi connectivity index (χ1n) is 7.99. The number of hydrogen-bond acceptors (Lipinski definition) is 4. The molecule has 128 valence electrons. The highest BCUT2D eigenvalue weighted by molar-refractivity contribution is 6.06. The summed E-state index contributed by atoms with van der Waals surface area (Å²) in [7, 11) is 1.62. The van der Waals surface area contributed by atoms with Crippen LogP contribution in [0.1, 0.15) is 17.5 Å². The van der Waals surface area contributed by atoms with Crippen LogP contribution in [0.5, 0.6) is 0 Å². The molecule has 0 bridgehead atoms. The highest BCUT2D eigenvalue weighted by atomic mass is 16.5. The summed E-state index contributed by atoms with van der Waals surface area (Å²) in [6.07, 6.45) is 2.73. The van der Waals surface area contributed by atoms with Gasteiger partial charge in [-0.25, -0.2) is 4.79 Å². The summed E-state index contributed by atoms with van der Waals surface area (Å²) in [5.41, 5.74) is 0.464. The average molecular weight is 337 g/mol. The zero-order valence-electron chi connectivity index (χ0n) is 13.9. The van der Waals surface area contributed by atoms with Crippen LogP contribution in [-0.2, 0) is 26.5 Å². The van der Waals surface area contributed by atoms with E-state index in [1.807, 2.05) is 36.4 Å². The van der Waals surface area contributed by atoms with Crippen molar-refractivity contribution in [2.75, 3.05) is 11.9 Å². The van der Waals surface area contributed by atoms with E-state index in [0.29, 0.717) is 11.3 Å². The van der Waals surface area contributed by atoms with Crippen LogP contribution in [0.2, 0.25) is 0 Å². The minimum Gasteiger partial charge on any atom is -0.458 e. The molecule has 5 heteroatoms. The Hall–Kier alpha value is -2.92. The number of ether oxygens (including phenoxy) is 1. The largest absolute Gasteiger partial charge is 0.458 e. The quantitative estimate of drug-likeness (QED) is 0.672. The normalized spacial score (nSPS) is 19.3. The van der Waals surface area contributed by atoms with Gasteiger partial charge >= 0.3 is 5.97 Å². The Morgan fingerprint density at radius 3 is 2.60 bits per heavy atom. The average Bonchev–Trinajstić information content (AvgIpc) is 2.83. The highest BCUT2D eigenvalue weighted by Gasteiger charge is 2.47. The van der Waals surface area contributed by atoms with E-state index in [1.54, 1.807) is 25.2 Å². The van der Waals surface area contributed by atoms with Crippen molar-refractivity contribution < 1.29 is 19.4 Å². The number of carbonyl (C=O) groups excluding carboxylic acids is 2. The molecule has 3 rings (SSSR count). The minimum atomic E-state index is -1.65. The van der Waals surface area contributed by atoms with Gasteiger partial charge in [0.25, 0.3) is 5.91 Å². The van der Waals surface area contributed by atoms with E-state index in [0.717, 1.165) is 5.56 Å². The standard InChI is InChI=1S/C20H19NO4/c1-21-17-11-6-5-10-16(17)20(24,19(21)23)13-7-12-18(22)25-14-15-8-3-2-4-9-15/h2-12,24H,13-14H2,1H3/b12-7+. The Kier molecular flexibility index (Phi) is 4.67. The van der Waals surface area contributed by atoms with E-state index >= 15 is 0 Å². The van der Waals surface area contributed by atoms with Crippen LogP contribution in [0.4, 0.5) is 5.69 Å². The van der Waals surface area contributed by atoms with E-state index in [9.17, 15) is 14.7 Å². The third-order valence-electron chi connectivity index (χ3n) is 4.26. The molecule has 0 saturated heterocycles. The van der Waals surface area contributed by atoms with Crippen LogP contribution in [0.3, 0.4) is 0 Å². The molecule has 1 atom stereocenters. The second kappa shape index (κ2) is 6.91. The van der Waals surface area contributed by atoms with Crippen LogP contribution < -0.4 is 4.90 Å². The summed E-state index contributed by atoms with van der Waals surface area (Å²) in [6, 6.07) is 16.4. The van der Waals surface area contributed by atoms with Crippen molar-refractivity contribution in [3.63, 3.8) is 0 Å². The molecule has 0 aromatic heterocycles. The molecule has 0 saturated carbocycles. The predicted molar refractivity (Wildman–Crippen MR) is 93.7 cm³/mol. The monoisotopic (exact) mass is 337 g/mol. The highest BCUT2D eigenvalue weighted by Crippen LogP contribution is 2.41. The van der Waals surface area contributed by atoms with E-state index in [4.69, 9.17) is 4.74 Å². The Morgan fingerprint density at radius 1 is 1.16 bits per heavy atom. The Balaban J connectivity index is 1.63. The number of likely N-dealkylation sites (N-methyl/N-ethyl adjacent to an activating group) is 1. The molecule has 2 aromatic carbocycles. The molecule has 1 unspecified atom stereocenters. The van der Waals surface area contributed by atoms with E-state index in [2.05, 4.69) is 0 Å². The lowest BCUT2D eigenvalue weighted by Crippen LogP contribution is -2.38. The van der Waals surface area contributed by atoms with Gasteiger partial charge in [0.1, 0.15) is 6.61 Å². The van der Waals surface area contributed by atoms with Crippen molar-refractivity contribution in [3.05, 3.63) is 77.9 Å². The molecular weight excluding hydrogens is 318 g/mol. The molecule has 0 radical (unpaired) electrons. The van der Waals surface area contributed by atoms with Gasteiger partial charge in [-0.1, -0.05) is 54.6 Å². The van der Waals surface area contributed by atoms with Crippen LogP contribution in [0, 0.1) is 0 Å². The van der Waals surface area contributed by atoms with Gasteiger partial charge in [-0.15, -0.1) is 0 Å². The molecule has 1 amide bonds. The van der Waals surface area contributed by atoms with E-state index in [-0.39, 0.29) is 13.0 Å². The lowest BCUT2D eigenvalue weighted by molar-refractivity contribution is -0.139. The lowest BCUT2D eigenvalue weighted by Gasteiger charge is -2.19. The van der Waals surface area contributed by atoms with Crippen LogP contribution in [0.25, 0.3) is 0 Å². The number of amides is 1. The fourth-order valence-electron chi connectivity index (χ4n) is 2.92. The van der Waals surface area contributed by atoms with Gasteiger partial charge in [0.15, 0.2) is 5.60 Å². The molecule has 1 aliphatic rings. The first-order chi connectivity index (χ1) is 12.0. The van der Waals surface area contributed by atoms with Gasteiger partial charge in [0.05, 0.1) is 5.69 Å². The molecule has 25 heavy (non-hydrogen) atoms. The molecule has 1 N–H and O–H groups in total. The zero-order chi connectivity index (χ0) is 17.9. The van der Waals surface area contributed by atoms with Crippen molar-refractivity contribution >= 4 is 17.6 Å². The first kappa shape index (κ1) is 16.9. The number of aliphatic hydroxyl groups is 1. The second-order valence-electron chi connectivity index (χ2n) is 5.94. The van der Waals surface area contributed by atoms with Crippen LogP contribution in [-0.4, -0.2) is 24.0 Å². The third kappa shape index (κ3) is 3.32. The molecule has 1 heterocycles. The number of hydrogen-bond donors (Lipinski definition) is 1. The number of rotatable bonds is 5. The maximum atomic E-state index is 12.4. The number of nitrogens with zero attached hydrogens (tertiary/aromatic N) is 1. The maximum Gasteiger partial charge on any atom is 0.330 e. The topological polar surface area (TPSA) is 66.8 Å². The number of fused-ring (bicyclic) bond motifs is 1. The van der Waals surface area contributed by atoms with Crippen molar-refractivity contribution in [1.29, 1.82) is 0 Å². The lowest BCUT2D eigenvalue weighted by atomic mass is 9.92. The summed E-state index contributed by atoms with van der Waals surface area (Å²) in [4.78, 5) is 25.6. The molecule has 0 fully saturated rings. The molecule has 2 aromatic rings. The van der Waals surface area contributed by atoms with Gasteiger partial charge in [0, 0.05) is 25.1 Å². The number of esters is 1. The van der Waals surface area contributed by atoms with Crippen molar-refractivity contribution in [2.24, 2.45) is 0 Å². The smallest absolute Gasteiger partial charge is 0.330 e. The number of benzene rings is 2. The molecule has 0 spiro atoms. The summed E-state index contributed by atoms with van der Waals surface area (Å²) in [6.45, 7) is 0.179. The van der Waals surface area contributed by atoms with Gasteiger partial charge in [-0.05, 0) is 11.6 Å². The number of para-hydroxylation sites is 1. The van der Waals surface area contributed by atoms with Crippen LogP contribution in [0.15, 0.2) is 66.7 Å². The zero-order valence-corrected chi connectivity index (χ0v) is 13.9. The number of carbonyl (C=O) groups is 2. The summed E-state index contributed by atoms with van der Waals surface area (Å²) >= 11 is 0. The Morgan fingerprint density at radius 2 is 1.84 bits per heavy atom. The van der Waals surface area contributed by atoms with Gasteiger partial charge in [-0.2, -0.15) is 0 Å². The van der Waals surface area contributed by atoms with Crippen molar-refractivity contribution in [1.82, 2.24) is 0 Å². The summed E-state index contributed by atoms with van der Waals surface area (Å²) in [5, 5.41) is 10.8. The Bertz CT molecular complexity index is 815. The molecule has 0 aliphatic carbocycles. The maximum absolute atomic E-state index is 12.4. The molecular formula is C20H19NO4. The van der Waals surface area contributed by atoms with Gasteiger partial charge < -0.3 is 14.7 Å². The molecule has 1 aliphatic heterocycles. The van der Waals surface area contributed by atoms with Gasteiger partial charge in [-0.3, -0.25) is 4.79 Å². The van der Waals surface area contributed by atoms with Crippen LogP contribution >= 0.6 is 0 Å².